The lowest BCUT2D eigenvalue weighted by Crippen LogP contribution is -2.37. The maximum Gasteiger partial charge on any atom is 0.341 e. The van der Waals surface area contributed by atoms with E-state index in [2.05, 4.69) is 5.32 Å². The number of carboxylic acids is 2. The SMILES string of the molecule is CC(C)C[C@@H](NCc1ccc(OCC(=O)O)cc1)C(=O)O. The summed E-state index contributed by atoms with van der Waals surface area (Å²) in [6.45, 7) is 4.01. The van der Waals surface area contributed by atoms with Crippen LogP contribution in [0.4, 0.5) is 0 Å². The Balaban J connectivity index is 2.50. The van der Waals surface area contributed by atoms with E-state index in [1.165, 1.54) is 0 Å². The van der Waals surface area contributed by atoms with E-state index in [9.17, 15) is 9.59 Å². The van der Waals surface area contributed by atoms with Gasteiger partial charge in [-0.1, -0.05) is 26.0 Å². The van der Waals surface area contributed by atoms with Crippen LogP contribution >= 0.6 is 0 Å². The fourth-order valence-corrected chi connectivity index (χ4v) is 1.83. The first kappa shape index (κ1) is 17.0. The van der Waals surface area contributed by atoms with Crippen molar-refractivity contribution >= 4 is 11.9 Å². The summed E-state index contributed by atoms with van der Waals surface area (Å²) in [4.78, 5) is 21.5. The predicted octanol–water partition coefficient (Wildman–Crippen LogP) is 1.74. The quantitative estimate of drug-likeness (QED) is 0.642. The van der Waals surface area contributed by atoms with Crippen molar-refractivity contribution in [3.05, 3.63) is 29.8 Å². The number of hydrogen-bond donors (Lipinski definition) is 3. The van der Waals surface area contributed by atoms with Crippen molar-refractivity contribution in [2.75, 3.05) is 6.61 Å². The van der Waals surface area contributed by atoms with Gasteiger partial charge in [0.1, 0.15) is 11.8 Å². The number of nitrogens with one attached hydrogen (secondary N) is 1. The van der Waals surface area contributed by atoms with Gasteiger partial charge in [-0.2, -0.15) is 0 Å². The van der Waals surface area contributed by atoms with Gasteiger partial charge < -0.3 is 20.3 Å². The van der Waals surface area contributed by atoms with Gasteiger partial charge in [0.2, 0.25) is 0 Å². The van der Waals surface area contributed by atoms with Crippen molar-refractivity contribution in [3.63, 3.8) is 0 Å². The highest BCUT2D eigenvalue weighted by Crippen LogP contribution is 2.13. The minimum absolute atomic E-state index is 0.297. The molecule has 0 aliphatic heterocycles. The number of carbonyl (C=O) groups is 2. The fourth-order valence-electron chi connectivity index (χ4n) is 1.83. The highest BCUT2D eigenvalue weighted by Gasteiger charge is 2.17. The summed E-state index contributed by atoms with van der Waals surface area (Å²) in [7, 11) is 0. The molecule has 1 aromatic carbocycles. The number of carboxylic acid groups (broad SMARTS) is 2. The summed E-state index contributed by atoms with van der Waals surface area (Å²) in [6.07, 6.45) is 0.565. The average Bonchev–Trinajstić information content (AvgIpc) is 2.41. The minimum Gasteiger partial charge on any atom is -0.482 e. The average molecular weight is 295 g/mol. The lowest BCUT2D eigenvalue weighted by molar-refractivity contribution is -0.140. The summed E-state index contributed by atoms with van der Waals surface area (Å²) in [5, 5.41) is 20.6. The van der Waals surface area contributed by atoms with Crippen LogP contribution in [0.5, 0.6) is 5.75 Å². The third kappa shape index (κ3) is 6.76. The first-order valence-corrected chi connectivity index (χ1v) is 6.78. The van der Waals surface area contributed by atoms with Crippen molar-refractivity contribution in [2.24, 2.45) is 5.92 Å². The molecule has 0 radical (unpaired) electrons. The van der Waals surface area contributed by atoms with E-state index in [0.717, 1.165) is 5.56 Å². The third-order valence-electron chi connectivity index (χ3n) is 2.84. The Kier molecular flexibility index (Phi) is 6.68. The Hall–Kier alpha value is -2.08. The smallest absolute Gasteiger partial charge is 0.341 e. The van der Waals surface area contributed by atoms with Gasteiger partial charge in [0, 0.05) is 6.54 Å². The van der Waals surface area contributed by atoms with Gasteiger partial charge in [-0.25, -0.2) is 4.79 Å². The molecule has 0 spiro atoms. The lowest BCUT2D eigenvalue weighted by atomic mass is 10.0. The van der Waals surface area contributed by atoms with Crippen LogP contribution in [0.15, 0.2) is 24.3 Å². The first-order valence-electron chi connectivity index (χ1n) is 6.78. The summed E-state index contributed by atoms with van der Waals surface area (Å²) in [6, 6.07) is 6.31. The van der Waals surface area contributed by atoms with Gasteiger partial charge in [0.05, 0.1) is 0 Å². The molecule has 1 atom stereocenters. The Morgan fingerprint density at radius 2 is 1.81 bits per heavy atom. The second-order valence-electron chi connectivity index (χ2n) is 5.23. The van der Waals surface area contributed by atoms with Gasteiger partial charge in [-0.3, -0.25) is 4.79 Å². The zero-order valence-corrected chi connectivity index (χ0v) is 12.2. The molecule has 0 aliphatic carbocycles. The van der Waals surface area contributed by atoms with Gasteiger partial charge in [-0.05, 0) is 30.0 Å². The standard InChI is InChI=1S/C15H21NO5/c1-10(2)7-13(15(19)20)16-8-11-3-5-12(6-4-11)21-9-14(17)18/h3-6,10,13,16H,7-9H2,1-2H3,(H,17,18)(H,19,20)/t13-/m1/s1. The van der Waals surface area contributed by atoms with Crippen LogP contribution in [-0.4, -0.2) is 34.8 Å². The molecule has 116 valence electrons. The fraction of sp³-hybridized carbons (Fsp3) is 0.467. The molecule has 21 heavy (non-hydrogen) atoms. The number of hydrogen-bond acceptors (Lipinski definition) is 4. The minimum atomic E-state index is -1.03. The van der Waals surface area contributed by atoms with Gasteiger partial charge in [0.25, 0.3) is 0 Å². The zero-order chi connectivity index (χ0) is 15.8. The van der Waals surface area contributed by atoms with Crippen molar-refractivity contribution in [3.8, 4) is 5.75 Å². The number of benzene rings is 1. The summed E-state index contributed by atoms with van der Waals surface area (Å²) >= 11 is 0. The van der Waals surface area contributed by atoms with Crippen LogP contribution in [0.25, 0.3) is 0 Å². The molecule has 0 heterocycles. The highest BCUT2D eigenvalue weighted by atomic mass is 16.5. The van der Waals surface area contributed by atoms with E-state index in [4.69, 9.17) is 14.9 Å². The van der Waals surface area contributed by atoms with Crippen molar-refractivity contribution in [1.82, 2.24) is 5.32 Å². The summed E-state index contributed by atoms with van der Waals surface area (Å²) in [5.74, 6) is -1.12. The molecule has 0 fully saturated rings. The predicted molar refractivity (Wildman–Crippen MR) is 77.3 cm³/mol. The Morgan fingerprint density at radius 3 is 2.29 bits per heavy atom. The monoisotopic (exact) mass is 295 g/mol. The molecule has 0 saturated heterocycles. The number of aliphatic carboxylic acids is 2. The van der Waals surface area contributed by atoms with Gasteiger partial charge in [-0.15, -0.1) is 0 Å². The van der Waals surface area contributed by atoms with Crippen LogP contribution < -0.4 is 10.1 Å². The summed E-state index contributed by atoms with van der Waals surface area (Å²) in [5.41, 5.74) is 0.910. The Morgan fingerprint density at radius 1 is 1.19 bits per heavy atom. The van der Waals surface area contributed by atoms with E-state index in [1.54, 1.807) is 24.3 Å². The van der Waals surface area contributed by atoms with Crippen LogP contribution in [0.3, 0.4) is 0 Å². The second kappa shape index (κ2) is 8.26. The molecule has 0 aliphatic rings. The van der Waals surface area contributed by atoms with Crippen molar-refractivity contribution in [1.29, 1.82) is 0 Å². The highest BCUT2D eigenvalue weighted by molar-refractivity contribution is 5.73. The Bertz CT molecular complexity index is 469. The largest absolute Gasteiger partial charge is 0.482 e. The van der Waals surface area contributed by atoms with E-state index >= 15 is 0 Å². The van der Waals surface area contributed by atoms with Crippen molar-refractivity contribution in [2.45, 2.75) is 32.9 Å². The molecule has 0 unspecified atom stereocenters. The maximum absolute atomic E-state index is 11.1. The molecule has 1 aromatic rings. The summed E-state index contributed by atoms with van der Waals surface area (Å²) < 4.78 is 5.02. The molecular formula is C15H21NO5. The van der Waals surface area contributed by atoms with E-state index < -0.39 is 18.0 Å². The van der Waals surface area contributed by atoms with Crippen LogP contribution in [-0.2, 0) is 16.1 Å². The molecule has 1 rings (SSSR count). The topological polar surface area (TPSA) is 95.9 Å². The zero-order valence-electron chi connectivity index (χ0n) is 12.2. The Labute approximate surface area is 123 Å². The molecule has 6 heteroatoms. The molecule has 3 N–H and O–H groups in total. The van der Waals surface area contributed by atoms with Crippen LogP contribution in [0, 0.1) is 5.92 Å². The lowest BCUT2D eigenvalue weighted by Gasteiger charge is -2.16. The number of ether oxygens (including phenoxy) is 1. The van der Waals surface area contributed by atoms with Gasteiger partial charge >= 0.3 is 11.9 Å². The van der Waals surface area contributed by atoms with E-state index in [-0.39, 0.29) is 6.61 Å². The molecular weight excluding hydrogens is 274 g/mol. The van der Waals surface area contributed by atoms with Gasteiger partial charge in [0.15, 0.2) is 6.61 Å². The van der Waals surface area contributed by atoms with Crippen LogP contribution in [0.1, 0.15) is 25.8 Å². The third-order valence-corrected chi connectivity index (χ3v) is 2.84. The van der Waals surface area contributed by atoms with E-state index in [0.29, 0.717) is 24.6 Å². The maximum atomic E-state index is 11.1. The normalized spacial score (nSPS) is 12.1. The molecule has 0 bridgehead atoms. The second-order valence-corrected chi connectivity index (χ2v) is 5.23. The molecule has 0 saturated carbocycles. The molecule has 6 nitrogen and oxygen atoms in total. The first-order chi connectivity index (χ1) is 9.88. The number of rotatable bonds is 9. The van der Waals surface area contributed by atoms with E-state index in [1.807, 2.05) is 13.8 Å². The van der Waals surface area contributed by atoms with Crippen LogP contribution in [0.2, 0.25) is 0 Å². The van der Waals surface area contributed by atoms with Crippen molar-refractivity contribution < 1.29 is 24.5 Å². The molecule has 0 aromatic heterocycles. The molecule has 0 amide bonds.